The zero-order valence-corrected chi connectivity index (χ0v) is 9.75. The second-order valence-corrected chi connectivity index (χ2v) is 6.11. The molecule has 0 unspecified atom stereocenters. The molecule has 2 aliphatic carbocycles. The molecule has 86 valence electrons. The molecule has 0 radical (unpaired) electrons. The first-order chi connectivity index (χ1) is 7.25. The maximum absolute atomic E-state index is 6.14. The predicted molar refractivity (Wildman–Crippen MR) is 62.7 cm³/mol. The zero-order chi connectivity index (χ0) is 10.3. The Bertz CT molecular complexity index is 223. The Morgan fingerprint density at radius 3 is 2.27 bits per heavy atom. The van der Waals surface area contributed by atoms with E-state index in [9.17, 15) is 0 Å². The van der Waals surface area contributed by atoms with Crippen LogP contribution < -0.4 is 5.73 Å². The van der Waals surface area contributed by atoms with Gasteiger partial charge in [0.1, 0.15) is 0 Å². The third kappa shape index (κ3) is 2.54. The lowest BCUT2D eigenvalue weighted by atomic mass is 9.90. The van der Waals surface area contributed by atoms with Crippen LogP contribution in [-0.2, 0) is 0 Å². The van der Waals surface area contributed by atoms with Crippen LogP contribution in [0.5, 0.6) is 0 Å². The van der Waals surface area contributed by atoms with Crippen LogP contribution in [0.3, 0.4) is 0 Å². The highest BCUT2D eigenvalue weighted by atomic mass is 15.2. The second kappa shape index (κ2) is 3.74. The van der Waals surface area contributed by atoms with Gasteiger partial charge in [0, 0.05) is 11.6 Å². The summed E-state index contributed by atoms with van der Waals surface area (Å²) < 4.78 is 0. The van der Waals surface area contributed by atoms with Crippen LogP contribution in [0.15, 0.2) is 0 Å². The number of piperidine rings is 1. The van der Waals surface area contributed by atoms with Crippen molar-refractivity contribution in [2.45, 2.75) is 62.9 Å². The highest BCUT2D eigenvalue weighted by molar-refractivity contribution is 4.99. The van der Waals surface area contributed by atoms with Crippen molar-refractivity contribution < 1.29 is 0 Å². The summed E-state index contributed by atoms with van der Waals surface area (Å²) >= 11 is 0. The fraction of sp³-hybridized carbons (Fsp3) is 1.00. The molecule has 0 amide bonds. The van der Waals surface area contributed by atoms with E-state index in [-0.39, 0.29) is 5.54 Å². The minimum Gasteiger partial charge on any atom is -0.325 e. The van der Waals surface area contributed by atoms with E-state index in [2.05, 4.69) is 4.90 Å². The third-order valence-electron chi connectivity index (χ3n) is 4.66. The normalized spacial score (nSPS) is 31.8. The number of nitrogens with zero attached hydrogens (tertiary/aromatic N) is 1. The van der Waals surface area contributed by atoms with Gasteiger partial charge in [0.15, 0.2) is 0 Å². The Balaban J connectivity index is 1.37. The number of likely N-dealkylation sites (tertiary alicyclic amines) is 1. The second-order valence-electron chi connectivity index (χ2n) is 6.11. The van der Waals surface area contributed by atoms with Crippen molar-refractivity contribution >= 4 is 0 Å². The van der Waals surface area contributed by atoms with Gasteiger partial charge in [-0.15, -0.1) is 0 Å². The van der Waals surface area contributed by atoms with Gasteiger partial charge in [-0.3, -0.25) is 0 Å². The Labute approximate surface area is 93.2 Å². The lowest BCUT2D eigenvalue weighted by Crippen LogP contribution is -2.35. The first-order valence-corrected chi connectivity index (χ1v) is 6.78. The molecule has 0 aromatic rings. The van der Waals surface area contributed by atoms with Gasteiger partial charge in [-0.1, -0.05) is 0 Å². The van der Waals surface area contributed by atoms with Gasteiger partial charge in [-0.2, -0.15) is 0 Å². The Morgan fingerprint density at radius 1 is 1.07 bits per heavy atom. The van der Waals surface area contributed by atoms with Crippen LogP contribution in [-0.4, -0.2) is 29.6 Å². The van der Waals surface area contributed by atoms with E-state index in [4.69, 9.17) is 5.73 Å². The summed E-state index contributed by atoms with van der Waals surface area (Å²) in [4.78, 5) is 2.71. The zero-order valence-electron chi connectivity index (χ0n) is 9.75. The average Bonchev–Trinajstić information content (AvgIpc) is 3.12. The molecule has 2 saturated carbocycles. The van der Waals surface area contributed by atoms with Gasteiger partial charge in [-0.05, 0) is 70.4 Å². The molecule has 15 heavy (non-hydrogen) atoms. The standard InChI is InChI=1S/C13H24N2/c14-13(7-8-13)6-3-11-4-9-15(10-5-11)12-1-2-12/h11-12H,1-10,14H2. The van der Waals surface area contributed by atoms with E-state index >= 15 is 0 Å². The summed E-state index contributed by atoms with van der Waals surface area (Å²) in [7, 11) is 0. The molecule has 1 saturated heterocycles. The van der Waals surface area contributed by atoms with Gasteiger partial charge in [0.05, 0.1) is 0 Å². The van der Waals surface area contributed by atoms with Crippen molar-refractivity contribution in [3.05, 3.63) is 0 Å². The van der Waals surface area contributed by atoms with Crippen LogP contribution in [0.1, 0.15) is 51.4 Å². The van der Waals surface area contributed by atoms with Crippen molar-refractivity contribution in [1.82, 2.24) is 4.90 Å². The molecule has 2 nitrogen and oxygen atoms in total. The molecule has 0 aromatic heterocycles. The molecule has 0 bridgehead atoms. The summed E-state index contributed by atoms with van der Waals surface area (Å²) in [5.74, 6) is 0.987. The van der Waals surface area contributed by atoms with Gasteiger partial charge < -0.3 is 10.6 Å². The van der Waals surface area contributed by atoms with Crippen molar-refractivity contribution in [2.75, 3.05) is 13.1 Å². The lowest BCUT2D eigenvalue weighted by molar-refractivity contribution is 0.168. The Hall–Kier alpha value is -0.0800. The minimum absolute atomic E-state index is 0.285. The van der Waals surface area contributed by atoms with E-state index < -0.39 is 0 Å². The smallest absolute Gasteiger partial charge is 0.0155 e. The van der Waals surface area contributed by atoms with Crippen LogP contribution in [0.25, 0.3) is 0 Å². The molecule has 3 aliphatic rings. The number of nitrogens with two attached hydrogens (primary N) is 1. The Kier molecular flexibility index (Phi) is 2.52. The van der Waals surface area contributed by atoms with E-state index in [0.29, 0.717) is 0 Å². The molecule has 0 atom stereocenters. The fourth-order valence-corrected chi connectivity index (χ4v) is 2.95. The first-order valence-electron chi connectivity index (χ1n) is 6.78. The van der Waals surface area contributed by atoms with Gasteiger partial charge in [-0.25, -0.2) is 0 Å². The summed E-state index contributed by atoms with van der Waals surface area (Å²) in [5, 5.41) is 0. The van der Waals surface area contributed by atoms with Gasteiger partial charge in [0.2, 0.25) is 0 Å². The minimum atomic E-state index is 0.285. The summed E-state index contributed by atoms with van der Waals surface area (Å²) in [6, 6.07) is 0.982. The molecular weight excluding hydrogens is 184 g/mol. The topological polar surface area (TPSA) is 29.3 Å². The van der Waals surface area contributed by atoms with Crippen LogP contribution in [0.4, 0.5) is 0 Å². The quantitative estimate of drug-likeness (QED) is 0.767. The molecule has 0 aromatic carbocycles. The van der Waals surface area contributed by atoms with Crippen molar-refractivity contribution in [2.24, 2.45) is 11.7 Å². The van der Waals surface area contributed by atoms with E-state index in [1.807, 2.05) is 0 Å². The summed E-state index contributed by atoms with van der Waals surface area (Å²) in [6.45, 7) is 2.74. The lowest BCUT2D eigenvalue weighted by Gasteiger charge is -2.32. The molecule has 3 fully saturated rings. The third-order valence-corrected chi connectivity index (χ3v) is 4.66. The molecule has 1 heterocycles. The van der Waals surface area contributed by atoms with Crippen molar-refractivity contribution in [3.63, 3.8) is 0 Å². The molecule has 0 spiro atoms. The van der Waals surface area contributed by atoms with Crippen LogP contribution in [0, 0.1) is 5.92 Å². The van der Waals surface area contributed by atoms with Gasteiger partial charge >= 0.3 is 0 Å². The van der Waals surface area contributed by atoms with E-state index in [0.717, 1.165) is 12.0 Å². The predicted octanol–water partition coefficient (Wildman–Crippen LogP) is 2.13. The SMILES string of the molecule is NC1(CCC2CCN(C3CC3)CC2)CC1. The molecule has 2 heteroatoms. The highest BCUT2D eigenvalue weighted by Crippen LogP contribution is 2.39. The average molecular weight is 208 g/mol. The summed E-state index contributed by atoms with van der Waals surface area (Å²) in [6.07, 6.45) is 11.1. The molecule has 2 N–H and O–H groups in total. The van der Waals surface area contributed by atoms with E-state index in [1.54, 1.807) is 0 Å². The Morgan fingerprint density at radius 2 is 1.73 bits per heavy atom. The first kappa shape index (κ1) is 10.1. The monoisotopic (exact) mass is 208 g/mol. The highest BCUT2D eigenvalue weighted by Gasteiger charge is 2.38. The van der Waals surface area contributed by atoms with Crippen LogP contribution in [0.2, 0.25) is 0 Å². The summed E-state index contributed by atoms with van der Waals surface area (Å²) in [5.41, 5.74) is 6.42. The van der Waals surface area contributed by atoms with Crippen LogP contribution >= 0.6 is 0 Å². The maximum Gasteiger partial charge on any atom is 0.0155 e. The molecule has 3 rings (SSSR count). The number of hydrogen-bond acceptors (Lipinski definition) is 2. The number of hydrogen-bond donors (Lipinski definition) is 1. The van der Waals surface area contributed by atoms with Gasteiger partial charge in [0.25, 0.3) is 0 Å². The fourth-order valence-electron chi connectivity index (χ4n) is 2.95. The largest absolute Gasteiger partial charge is 0.325 e. The van der Waals surface area contributed by atoms with E-state index in [1.165, 1.54) is 64.5 Å². The maximum atomic E-state index is 6.14. The van der Waals surface area contributed by atoms with Crippen molar-refractivity contribution in [3.8, 4) is 0 Å². The van der Waals surface area contributed by atoms with Crippen molar-refractivity contribution in [1.29, 1.82) is 0 Å². The number of rotatable bonds is 4. The molecule has 1 aliphatic heterocycles. The molecular formula is C13H24N2.